The number of hydrogen-bond donors (Lipinski definition) is 2. The Hall–Kier alpha value is -0.300. The van der Waals surface area contributed by atoms with Crippen LogP contribution in [-0.2, 0) is 6.54 Å². The van der Waals surface area contributed by atoms with E-state index in [4.69, 9.17) is 0 Å². The molecule has 1 heterocycles. The van der Waals surface area contributed by atoms with Crippen molar-refractivity contribution in [3.05, 3.63) is 21.9 Å². The van der Waals surface area contributed by atoms with Crippen LogP contribution in [0.25, 0.3) is 0 Å². The van der Waals surface area contributed by atoms with Gasteiger partial charge in [0.25, 0.3) is 0 Å². The maximum atomic E-state index is 4.59. The Balaban J connectivity index is 0.00000289. The molecule has 1 unspecified atom stereocenters. The van der Waals surface area contributed by atoms with Crippen molar-refractivity contribution >= 4 is 41.3 Å². The summed E-state index contributed by atoms with van der Waals surface area (Å²) >= 11 is 1.81. The number of nitrogens with zero attached hydrogens (tertiary/aromatic N) is 1. The fraction of sp³-hybridized carbons (Fsp3) is 0.615. The number of halogens is 1. The highest BCUT2D eigenvalue weighted by atomic mass is 127. The summed E-state index contributed by atoms with van der Waals surface area (Å²) in [5, 5.41) is 6.66. The average Bonchev–Trinajstić information content (AvgIpc) is 2.72. The van der Waals surface area contributed by atoms with Gasteiger partial charge in [-0.3, -0.25) is 0 Å². The minimum absolute atomic E-state index is 0. The Bertz CT molecular complexity index is 363. The Morgan fingerprint density at radius 3 is 2.61 bits per heavy atom. The van der Waals surface area contributed by atoms with Crippen molar-refractivity contribution in [3.8, 4) is 0 Å². The normalized spacial score (nSPS) is 12.8. The van der Waals surface area contributed by atoms with Crippen LogP contribution < -0.4 is 10.6 Å². The second-order valence-electron chi connectivity index (χ2n) is 4.16. The van der Waals surface area contributed by atoms with Crippen molar-refractivity contribution in [2.24, 2.45) is 4.99 Å². The third-order valence-corrected chi connectivity index (χ3v) is 3.51. The van der Waals surface area contributed by atoms with E-state index in [-0.39, 0.29) is 24.0 Å². The second-order valence-corrected chi connectivity index (χ2v) is 5.53. The van der Waals surface area contributed by atoms with Gasteiger partial charge < -0.3 is 10.6 Å². The molecule has 1 aromatic heterocycles. The average molecular weight is 381 g/mol. The lowest BCUT2D eigenvalue weighted by Crippen LogP contribution is -2.41. The van der Waals surface area contributed by atoms with E-state index in [1.54, 1.807) is 0 Å². The standard InChI is InChI=1S/C13H23N3S.HI/c1-5-10(3)16-13(14-6-2)15-9-12-8-7-11(4)17-12;/h7-8,10H,5-6,9H2,1-4H3,(H2,14,15,16);1H. The molecule has 0 amide bonds. The van der Waals surface area contributed by atoms with Crippen molar-refractivity contribution in [2.45, 2.75) is 46.7 Å². The summed E-state index contributed by atoms with van der Waals surface area (Å²) in [6.07, 6.45) is 1.10. The van der Waals surface area contributed by atoms with Crippen LogP contribution >= 0.6 is 35.3 Å². The van der Waals surface area contributed by atoms with Gasteiger partial charge in [-0.05, 0) is 39.3 Å². The van der Waals surface area contributed by atoms with Gasteiger partial charge in [0.15, 0.2) is 5.96 Å². The molecule has 104 valence electrons. The first-order chi connectivity index (χ1) is 8.15. The summed E-state index contributed by atoms with van der Waals surface area (Å²) in [5.41, 5.74) is 0. The van der Waals surface area contributed by atoms with E-state index < -0.39 is 0 Å². The first-order valence-corrected chi connectivity index (χ1v) is 7.07. The van der Waals surface area contributed by atoms with Gasteiger partial charge in [0.2, 0.25) is 0 Å². The minimum atomic E-state index is 0. The van der Waals surface area contributed by atoms with Crippen molar-refractivity contribution in [3.63, 3.8) is 0 Å². The van der Waals surface area contributed by atoms with Crippen molar-refractivity contribution < 1.29 is 0 Å². The van der Waals surface area contributed by atoms with Gasteiger partial charge in [-0.15, -0.1) is 35.3 Å². The van der Waals surface area contributed by atoms with E-state index in [2.05, 4.69) is 55.5 Å². The van der Waals surface area contributed by atoms with Gasteiger partial charge in [0.1, 0.15) is 0 Å². The van der Waals surface area contributed by atoms with Gasteiger partial charge in [-0.2, -0.15) is 0 Å². The van der Waals surface area contributed by atoms with Crippen LogP contribution in [0, 0.1) is 6.92 Å². The van der Waals surface area contributed by atoms with Crippen LogP contribution in [0.2, 0.25) is 0 Å². The molecule has 0 saturated carbocycles. The van der Waals surface area contributed by atoms with Gasteiger partial charge in [-0.1, -0.05) is 6.92 Å². The van der Waals surface area contributed by atoms with Crippen LogP contribution in [0.15, 0.2) is 17.1 Å². The molecule has 3 nitrogen and oxygen atoms in total. The zero-order valence-electron chi connectivity index (χ0n) is 11.6. The molecule has 0 aliphatic heterocycles. The van der Waals surface area contributed by atoms with Crippen molar-refractivity contribution in [1.29, 1.82) is 0 Å². The molecule has 0 aliphatic rings. The molecule has 18 heavy (non-hydrogen) atoms. The number of hydrogen-bond acceptors (Lipinski definition) is 2. The molecule has 0 saturated heterocycles. The summed E-state index contributed by atoms with van der Waals surface area (Å²) in [4.78, 5) is 7.24. The number of thiophene rings is 1. The lowest BCUT2D eigenvalue weighted by atomic mass is 10.3. The van der Waals surface area contributed by atoms with Crippen LogP contribution in [0.4, 0.5) is 0 Å². The largest absolute Gasteiger partial charge is 0.357 e. The Morgan fingerprint density at radius 1 is 1.39 bits per heavy atom. The zero-order chi connectivity index (χ0) is 12.7. The van der Waals surface area contributed by atoms with Crippen LogP contribution in [0.5, 0.6) is 0 Å². The van der Waals surface area contributed by atoms with E-state index in [1.165, 1.54) is 9.75 Å². The highest BCUT2D eigenvalue weighted by Gasteiger charge is 2.02. The summed E-state index contributed by atoms with van der Waals surface area (Å²) in [6, 6.07) is 4.75. The molecule has 0 spiro atoms. The lowest BCUT2D eigenvalue weighted by molar-refractivity contribution is 0.624. The summed E-state index contributed by atoms with van der Waals surface area (Å²) in [7, 11) is 0. The monoisotopic (exact) mass is 381 g/mol. The van der Waals surface area contributed by atoms with Crippen molar-refractivity contribution in [2.75, 3.05) is 6.54 Å². The third-order valence-electron chi connectivity index (χ3n) is 2.53. The molecule has 0 radical (unpaired) electrons. The Kier molecular flexibility index (Phi) is 9.45. The molecule has 0 bridgehead atoms. The Labute approximate surface area is 131 Å². The van der Waals surface area contributed by atoms with E-state index in [0.717, 1.165) is 25.5 Å². The van der Waals surface area contributed by atoms with E-state index in [1.807, 2.05) is 11.3 Å². The quantitative estimate of drug-likeness (QED) is 0.465. The molecule has 1 atom stereocenters. The minimum Gasteiger partial charge on any atom is -0.357 e. The van der Waals surface area contributed by atoms with Gasteiger partial charge >= 0.3 is 0 Å². The molecule has 0 aromatic carbocycles. The predicted octanol–water partition coefficient (Wildman–Crippen LogP) is 3.53. The van der Waals surface area contributed by atoms with Gasteiger partial charge in [0.05, 0.1) is 6.54 Å². The summed E-state index contributed by atoms with van der Waals surface area (Å²) in [5.74, 6) is 0.910. The molecule has 1 rings (SSSR count). The van der Waals surface area contributed by atoms with Crippen LogP contribution in [-0.4, -0.2) is 18.5 Å². The second kappa shape index (κ2) is 9.61. The summed E-state index contributed by atoms with van der Waals surface area (Å²) < 4.78 is 0. The van der Waals surface area contributed by atoms with Gasteiger partial charge in [-0.25, -0.2) is 4.99 Å². The lowest BCUT2D eigenvalue weighted by Gasteiger charge is -2.15. The fourth-order valence-electron chi connectivity index (χ4n) is 1.38. The van der Waals surface area contributed by atoms with E-state index >= 15 is 0 Å². The third kappa shape index (κ3) is 6.58. The maximum absolute atomic E-state index is 4.59. The molecular weight excluding hydrogens is 357 g/mol. The van der Waals surface area contributed by atoms with Crippen molar-refractivity contribution in [1.82, 2.24) is 10.6 Å². The number of rotatable bonds is 5. The Morgan fingerprint density at radius 2 is 2.11 bits per heavy atom. The van der Waals surface area contributed by atoms with Crippen LogP contribution in [0.3, 0.4) is 0 Å². The van der Waals surface area contributed by atoms with Gasteiger partial charge in [0, 0.05) is 22.3 Å². The van der Waals surface area contributed by atoms with E-state index in [9.17, 15) is 0 Å². The zero-order valence-corrected chi connectivity index (χ0v) is 14.8. The molecule has 5 heteroatoms. The SMILES string of the molecule is CCNC(=NCc1ccc(C)s1)NC(C)CC.I. The number of aliphatic imine (C=N–C) groups is 1. The van der Waals surface area contributed by atoms with E-state index in [0.29, 0.717) is 6.04 Å². The smallest absolute Gasteiger partial charge is 0.191 e. The molecule has 2 N–H and O–H groups in total. The first-order valence-electron chi connectivity index (χ1n) is 6.25. The number of guanidine groups is 1. The number of nitrogens with one attached hydrogen (secondary N) is 2. The molecule has 0 aliphatic carbocycles. The topological polar surface area (TPSA) is 36.4 Å². The predicted molar refractivity (Wildman–Crippen MR) is 92.2 cm³/mol. The maximum Gasteiger partial charge on any atom is 0.191 e. The fourth-order valence-corrected chi connectivity index (χ4v) is 2.20. The summed E-state index contributed by atoms with van der Waals surface area (Å²) in [6.45, 7) is 10.2. The highest BCUT2D eigenvalue weighted by molar-refractivity contribution is 14.0. The molecule has 1 aromatic rings. The molecule has 0 fully saturated rings. The highest BCUT2D eigenvalue weighted by Crippen LogP contribution is 2.15. The first kappa shape index (κ1) is 17.7. The molecular formula is C13H24IN3S. The number of aryl methyl sites for hydroxylation is 1. The van der Waals surface area contributed by atoms with Crippen LogP contribution in [0.1, 0.15) is 36.9 Å².